The van der Waals surface area contributed by atoms with Gasteiger partial charge in [0.1, 0.15) is 5.75 Å². The van der Waals surface area contributed by atoms with Crippen LogP contribution in [-0.2, 0) is 6.54 Å². The lowest BCUT2D eigenvalue weighted by molar-refractivity contribution is 0.0950. The molecule has 6 nitrogen and oxygen atoms in total. The number of ether oxygens (including phenoxy) is 1. The molecule has 2 aromatic carbocycles. The maximum Gasteiger partial charge on any atom is 0.317 e. The number of carbonyl (C=O) groups is 2. The first-order chi connectivity index (χ1) is 14.1. The summed E-state index contributed by atoms with van der Waals surface area (Å²) in [4.78, 5) is 26.6. The zero-order chi connectivity index (χ0) is 20.6. The van der Waals surface area contributed by atoms with Gasteiger partial charge in [0.15, 0.2) is 0 Å². The zero-order valence-corrected chi connectivity index (χ0v) is 17.1. The second-order valence-corrected chi connectivity index (χ2v) is 7.28. The van der Waals surface area contributed by atoms with Crippen molar-refractivity contribution in [3.8, 4) is 5.75 Å². The minimum Gasteiger partial charge on any atom is -0.497 e. The van der Waals surface area contributed by atoms with Crippen LogP contribution >= 0.6 is 0 Å². The van der Waals surface area contributed by atoms with E-state index in [0.717, 1.165) is 36.3 Å². The number of amides is 3. The van der Waals surface area contributed by atoms with Gasteiger partial charge in [-0.15, -0.1) is 0 Å². The van der Waals surface area contributed by atoms with Crippen molar-refractivity contribution in [1.29, 1.82) is 0 Å². The Morgan fingerprint density at radius 2 is 1.93 bits per heavy atom. The molecule has 29 heavy (non-hydrogen) atoms. The summed E-state index contributed by atoms with van der Waals surface area (Å²) < 4.78 is 5.15. The Morgan fingerprint density at radius 1 is 1.14 bits per heavy atom. The molecule has 0 aromatic heterocycles. The fourth-order valence-electron chi connectivity index (χ4n) is 3.66. The average Bonchev–Trinajstić information content (AvgIpc) is 2.78. The van der Waals surface area contributed by atoms with E-state index in [-0.39, 0.29) is 17.9 Å². The van der Waals surface area contributed by atoms with Gasteiger partial charge in [0.25, 0.3) is 5.91 Å². The summed E-state index contributed by atoms with van der Waals surface area (Å²) in [5.74, 6) is 0.946. The molecule has 3 amide bonds. The molecule has 6 heteroatoms. The van der Waals surface area contributed by atoms with Crippen LogP contribution in [0.4, 0.5) is 4.79 Å². The predicted octanol–water partition coefficient (Wildman–Crippen LogP) is 3.53. The van der Waals surface area contributed by atoms with Gasteiger partial charge in [0, 0.05) is 37.7 Å². The highest BCUT2D eigenvalue weighted by Gasteiger charge is 2.24. The van der Waals surface area contributed by atoms with Crippen LogP contribution in [0.15, 0.2) is 48.5 Å². The van der Waals surface area contributed by atoms with Gasteiger partial charge in [-0.1, -0.05) is 24.3 Å². The molecule has 1 aliphatic rings. The number of hydrogen-bond donors (Lipinski definition) is 2. The Hall–Kier alpha value is -3.02. The summed E-state index contributed by atoms with van der Waals surface area (Å²) in [6, 6.07) is 15.4. The molecule has 3 rings (SSSR count). The fraction of sp³-hybridized carbons (Fsp3) is 0.391. The summed E-state index contributed by atoms with van der Waals surface area (Å²) in [7, 11) is 1.63. The van der Waals surface area contributed by atoms with Crippen LogP contribution in [0.1, 0.15) is 47.2 Å². The Morgan fingerprint density at radius 3 is 2.66 bits per heavy atom. The lowest BCUT2D eigenvalue weighted by Crippen LogP contribution is -2.44. The largest absolute Gasteiger partial charge is 0.497 e. The number of benzene rings is 2. The molecule has 1 saturated heterocycles. The summed E-state index contributed by atoms with van der Waals surface area (Å²) in [5, 5.41) is 5.84. The van der Waals surface area contributed by atoms with Gasteiger partial charge >= 0.3 is 6.03 Å². The second kappa shape index (κ2) is 9.96. The van der Waals surface area contributed by atoms with Gasteiger partial charge < -0.3 is 20.3 Å². The number of urea groups is 1. The highest BCUT2D eigenvalue weighted by Crippen LogP contribution is 2.27. The van der Waals surface area contributed by atoms with E-state index in [4.69, 9.17) is 4.74 Å². The molecular weight excluding hydrogens is 366 g/mol. The molecule has 0 aliphatic carbocycles. The molecule has 0 saturated carbocycles. The molecule has 154 valence electrons. The van der Waals surface area contributed by atoms with E-state index in [9.17, 15) is 9.59 Å². The highest BCUT2D eigenvalue weighted by molar-refractivity contribution is 5.94. The van der Waals surface area contributed by atoms with Crippen molar-refractivity contribution >= 4 is 11.9 Å². The third-order valence-corrected chi connectivity index (χ3v) is 5.27. The summed E-state index contributed by atoms with van der Waals surface area (Å²) >= 11 is 0. The maximum absolute atomic E-state index is 12.6. The molecule has 0 spiro atoms. The minimum absolute atomic E-state index is 0.00871. The number of hydrogen-bond acceptors (Lipinski definition) is 3. The first-order valence-corrected chi connectivity index (χ1v) is 10.1. The zero-order valence-electron chi connectivity index (χ0n) is 17.1. The molecule has 0 bridgehead atoms. The van der Waals surface area contributed by atoms with Crippen molar-refractivity contribution in [2.24, 2.45) is 0 Å². The van der Waals surface area contributed by atoms with Crippen LogP contribution in [0.2, 0.25) is 0 Å². The normalized spacial score (nSPS) is 16.2. The number of nitrogens with zero attached hydrogens (tertiary/aromatic N) is 1. The van der Waals surface area contributed by atoms with E-state index in [1.54, 1.807) is 7.11 Å². The smallest absolute Gasteiger partial charge is 0.317 e. The second-order valence-electron chi connectivity index (χ2n) is 7.28. The number of piperidine rings is 1. The Bertz CT molecular complexity index is 836. The minimum atomic E-state index is -0.0981. The van der Waals surface area contributed by atoms with Crippen LogP contribution < -0.4 is 15.4 Å². The van der Waals surface area contributed by atoms with E-state index in [0.29, 0.717) is 25.2 Å². The van der Waals surface area contributed by atoms with E-state index < -0.39 is 0 Å². The number of carbonyl (C=O) groups excluding carboxylic acids is 2. The molecular formula is C23H29N3O3. The molecule has 2 aromatic rings. The summed E-state index contributed by atoms with van der Waals surface area (Å²) in [5.41, 5.74) is 2.77. The first-order valence-electron chi connectivity index (χ1n) is 10.1. The van der Waals surface area contributed by atoms with Crippen molar-refractivity contribution in [2.45, 2.75) is 32.2 Å². The van der Waals surface area contributed by atoms with Crippen LogP contribution in [0.25, 0.3) is 0 Å². The van der Waals surface area contributed by atoms with Crippen molar-refractivity contribution in [3.63, 3.8) is 0 Å². The topological polar surface area (TPSA) is 70.7 Å². The number of methoxy groups -OCH3 is 1. The van der Waals surface area contributed by atoms with Crippen molar-refractivity contribution in [1.82, 2.24) is 15.5 Å². The number of nitrogens with one attached hydrogen (secondary N) is 2. The third kappa shape index (κ3) is 5.50. The van der Waals surface area contributed by atoms with Crippen molar-refractivity contribution < 1.29 is 14.3 Å². The van der Waals surface area contributed by atoms with Gasteiger partial charge in [-0.2, -0.15) is 0 Å². The first kappa shape index (κ1) is 20.7. The van der Waals surface area contributed by atoms with Crippen LogP contribution in [0, 0.1) is 0 Å². The highest BCUT2D eigenvalue weighted by atomic mass is 16.5. The Balaban J connectivity index is 1.62. The van der Waals surface area contributed by atoms with Gasteiger partial charge in [0.05, 0.1) is 7.11 Å². The lowest BCUT2D eigenvalue weighted by Gasteiger charge is -2.33. The average molecular weight is 396 g/mol. The maximum atomic E-state index is 12.6. The molecule has 1 atom stereocenters. The van der Waals surface area contributed by atoms with E-state index >= 15 is 0 Å². The van der Waals surface area contributed by atoms with Crippen LogP contribution in [0.3, 0.4) is 0 Å². The number of rotatable bonds is 6. The van der Waals surface area contributed by atoms with Crippen molar-refractivity contribution in [2.75, 3.05) is 26.7 Å². The summed E-state index contributed by atoms with van der Waals surface area (Å²) in [6.07, 6.45) is 1.99. The van der Waals surface area contributed by atoms with E-state index in [1.165, 1.54) is 0 Å². The van der Waals surface area contributed by atoms with Crippen LogP contribution in [-0.4, -0.2) is 43.6 Å². The molecule has 1 fully saturated rings. The fourth-order valence-corrected chi connectivity index (χ4v) is 3.66. The summed E-state index contributed by atoms with van der Waals surface area (Å²) in [6.45, 7) is 4.48. The lowest BCUT2D eigenvalue weighted by atomic mass is 9.89. The molecule has 1 heterocycles. The third-order valence-electron chi connectivity index (χ3n) is 5.27. The van der Waals surface area contributed by atoms with E-state index in [2.05, 4.69) is 10.6 Å². The standard InChI is InChI=1S/C23H29N3O3/c1-3-24-23(28)26-13-5-8-20(16-26)18-6-4-7-19(14-18)22(27)25-15-17-9-11-21(29-2)12-10-17/h4,6-7,9-12,14,20H,3,5,8,13,15-16H2,1-2H3,(H,24,28)(H,25,27)/t20-/m1/s1. The number of likely N-dealkylation sites (tertiary alicyclic amines) is 1. The Kier molecular flexibility index (Phi) is 7.11. The molecule has 2 N–H and O–H groups in total. The predicted molar refractivity (Wildman–Crippen MR) is 113 cm³/mol. The Labute approximate surface area is 172 Å². The van der Waals surface area contributed by atoms with Gasteiger partial charge in [-0.3, -0.25) is 4.79 Å². The molecule has 0 unspecified atom stereocenters. The SMILES string of the molecule is CCNC(=O)N1CCC[C@@H](c2cccc(C(=O)NCc3ccc(OC)cc3)c2)C1. The monoisotopic (exact) mass is 395 g/mol. The quantitative estimate of drug-likeness (QED) is 0.786. The van der Waals surface area contributed by atoms with Crippen molar-refractivity contribution in [3.05, 3.63) is 65.2 Å². The van der Waals surface area contributed by atoms with Crippen LogP contribution in [0.5, 0.6) is 5.75 Å². The van der Waals surface area contributed by atoms with Gasteiger partial charge in [-0.25, -0.2) is 4.79 Å². The van der Waals surface area contributed by atoms with Gasteiger partial charge in [-0.05, 0) is 55.2 Å². The molecule has 1 aliphatic heterocycles. The van der Waals surface area contributed by atoms with E-state index in [1.807, 2.05) is 60.4 Å². The van der Waals surface area contributed by atoms with Gasteiger partial charge in [0.2, 0.25) is 0 Å². The molecule has 0 radical (unpaired) electrons.